The first-order chi connectivity index (χ1) is 9.81. The van der Waals surface area contributed by atoms with Gasteiger partial charge in [0.15, 0.2) is 0 Å². The third-order valence-corrected chi connectivity index (χ3v) is 3.01. The molecule has 1 heterocycles. The molecule has 7 heteroatoms. The van der Waals surface area contributed by atoms with E-state index in [9.17, 15) is 13.2 Å². The zero-order valence-corrected chi connectivity index (χ0v) is 11.5. The summed E-state index contributed by atoms with van der Waals surface area (Å²) in [6.07, 6.45) is -4.77. The van der Waals surface area contributed by atoms with Crippen LogP contribution in [0.5, 0.6) is 5.75 Å². The molecular weight excluding hydrogens is 285 g/mol. The second-order valence-corrected chi connectivity index (χ2v) is 4.55. The van der Waals surface area contributed by atoms with Crippen molar-refractivity contribution >= 4 is 0 Å². The Morgan fingerprint density at radius 3 is 2.38 bits per heavy atom. The molecule has 0 aliphatic carbocycles. The molecule has 0 radical (unpaired) electrons. The number of halogens is 3. The van der Waals surface area contributed by atoms with E-state index in [2.05, 4.69) is 10.2 Å². The average molecular weight is 300 g/mol. The SMILES string of the molecule is Cc1cc(C(NN)c2ccccc2OC(F)(F)F)c(C)o1. The van der Waals surface area contributed by atoms with Crippen LogP contribution in [0.25, 0.3) is 0 Å². The number of nitrogens with two attached hydrogens (primary N) is 1. The largest absolute Gasteiger partial charge is 0.573 e. The lowest BCUT2D eigenvalue weighted by Crippen LogP contribution is -2.30. The minimum atomic E-state index is -4.77. The number of hydrogen-bond acceptors (Lipinski definition) is 4. The van der Waals surface area contributed by atoms with Gasteiger partial charge >= 0.3 is 6.36 Å². The number of alkyl halides is 3. The van der Waals surface area contributed by atoms with Crippen LogP contribution in [0.15, 0.2) is 34.7 Å². The van der Waals surface area contributed by atoms with Crippen molar-refractivity contribution in [3.05, 3.63) is 53.0 Å². The third-order valence-electron chi connectivity index (χ3n) is 3.01. The highest BCUT2D eigenvalue weighted by molar-refractivity contribution is 5.42. The fourth-order valence-electron chi connectivity index (χ4n) is 2.22. The van der Waals surface area contributed by atoms with Crippen LogP contribution in [0.1, 0.15) is 28.7 Å². The zero-order valence-electron chi connectivity index (χ0n) is 11.5. The Bertz CT molecular complexity index is 623. The quantitative estimate of drug-likeness (QED) is 0.671. The van der Waals surface area contributed by atoms with E-state index in [0.717, 1.165) is 0 Å². The molecule has 114 valence electrons. The van der Waals surface area contributed by atoms with Gasteiger partial charge in [0.1, 0.15) is 17.3 Å². The van der Waals surface area contributed by atoms with E-state index in [1.807, 2.05) is 0 Å². The molecule has 0 saturated carbocycles. The van der Waals surface area contributed by atoms with Gasteiger partial charge in [0.05, 0.1) is 6.04 Å². The maximum Gasteiger partial charge on any atom is 0.573 e. The third kappa shape index (κ3) is 3.56. The molecule has 0 aliphatic rings. The molecule has 1 unspecified atom stereocenters. The molecule has 2 rings (SSSR count). The summed E-state index contributed by atoms with van der Waals surface area (Å²) in [6, 6.07) is 6.91. The Kier molecular flexibility index (Phi) is 4.24. The lowest BCUT2D eigenvalue weighted by atomic mass is 9.98. The molecule has 0 spiro atoms. The molecule has 21 heavy (non-hydrogen) atoms. The normalized spacial score (nSPS) is 13.2. The Morgan fingerprint density at radius 1 is 1.19 bits per heavy atom. The van der Waals surface area contributed by atoms with Crippen molar-refractivity contribution in [2.45, 2.75) is 26.3 Å². The van der Waals surface area contributed by atoms with Gasteiger partial charge in [-0.05, 0) is 26.0 Å². The van der Waals surface area contributed by atoms with Crippen LogP contribution in [0.2, 0.25) is 0 Å². The highest BCUT2D eigenvalue weighted by Gasteiger charge is 2.33. The summed E-state index contributed by atoms with van der Waals surface area (Å²) in [5.74, 6) is 6.45. The average Bonchev–Trinajstić information content (AvgIpc) is 2.70. The highest BCUT2D eigenvalue weighted by atomic mass is 19.4. The molecule has 1 aromatic carbocycles. The Hall–Kier alpha value is -1.99. The molecule has 0 fully saturated rings. The summed E-state index contributed by atoms with van der Waals surface area (Å²) >= 11 is 0. The van der Waals surface area contributed by atoms with Gasteiger partial charge in [0, 0.05) is 11.1 Å². The van der Waals surface area contributed by atoms with Crippen molar-refractivity contribution in [3.8, 4) is 5.75 Å². The van der Waals surface area contributed by atoms with Gasteiger partial charge in [-0.2, -0.15) is 0 Å². The number of furan rings is 1. The number of benzene rings is 1. The van der Waals surface area contributed by atoms with E-state index in [4.69, 9.17) is 10.3 Å². The lowest BCUT2D eigenvalue weighted by Gasteiger charge is -2.20. The lowest BCUT2D eigenvalue weighted by molar-refractivity contribution is -0.275. The van der Waals surface area contributed by atoms with E-state index in [1.165, 1.54) is 18.2 Å². The molecule has 0 saturated heterocycles. The maximum atomic E-state index is 12.5. The number of rotatable bonds is 4. The monoisotopic (exact) mass is 300 g/mol. The zero-order chi connectivity index (χ0) is 15.6. The number of hydrogen-bond donors (Lipinski definition) is 2. The van der Waals surface area contributed by atoms with Gasteiger partial charge in [-0.1, -0.05) is 18.2 Å². The van der Waals surface area contributed by atoms with Crippen molar-refractivity contribution in [2.24, 2.45) is 5.84 Å². The van der Waals surface area contributed by atoms with Crippen LogP contribution in [0.3, 0.4) is 0 Å². The molecular formula is C14H15F3N2O2. The van der Waals surface area contributed by atoms with Crippen LogP contribution in [0, 0.1) is 13.8 Å². The molecule has 4 nitrogen and oxygen atoms in total. The smallest absolute Gasteiger partial charge is 0.466 e. The number of aryl methyl sites for hydroxylation is 2. The van der Waals surface area contributed by atoms with Crippen LogP contribution >= 0.6 is 0 Å². The summed E-state index contributed by atoms with van der Waals surface area (Å²) in [5, 5.41) is 0. The van der Waals surface area contributed by atoms with Gasteiger partial charge in [-0.15, -0.1) is 13.2 Å². The van der Waals surface area contributed by atoms with E-state index < -0.39 is 12.4 Å². The maximum absolute atomic E-state index is 12.5. The molecule has 1 aromatic heterocycles. The number of nitrogens with one attached hydrogen (secondary N) is 1. The minimum Gasteiger partial charge on any atom is -0.466 e. The van der Waals surface area contributed by atoms with E-state index in [0.29, 0.717) is 17.1 Å². The van der Waals surface area contributed by atoms with E-state index in [-0.39, 0.29) is 11.3 Å². The molecule has 1 atom stereocenters. The fourth-order valence-corrected chi connectivity index (χ4v) is 2.22. The predicted octanol–water partition coefficient (Wildman–Crippen LogP) is 3.35. The first kappa shape index (κ1) is 15.4. The standard InChI is InChI=1S/C14H15F3N2O2/c1-8-7-11(9(2)20-8)13(19-18)10-5-3-4-6-12(10)21-14(15,16)17/h3-7,13,19H,18H2,1-2H3. The van der Waals surface area contributed by atoms with Crippen LogP contribution < -0.4 is 16.0 Å². The van der Waals surface area contributed by atoms with E-state index in [1.54, 1.807) is 26.0 Å². The molecule has 0 aliphatic heterocycles. The second-order valence-electron chi connectivity index (χ2n) is 4.55. The van der Waals surface area contributed by atoms with Crippen molar-refractivity contribution < 1.29 is 22.3 Å². The van der Waals surface area contributed by atoms with Gasteiger partial charge in [-0.25, -0.2) is 5.43 Å². The summed E-state index contributed by atoms with van der Waals surface area (Å²) in [4.78, 5) is 0. The Labute approximate surface area is 119 Å². The Morgan fingerprint density at radius 2 is 1.86 bits per heavy atom. The first-order valence-electron chi connectivity index (χ1n) is 6.19. The van der Waals surface area contributed by atoms with Crippen molar-refractivity contribution in [1.82, 2.24) is 5.43 Å². The van der Waals surface area contributed by atoms with Gasteiger partial charge in [0.25, 0.3) is 0 Å². The summed E-state index contributed by atoms with van der Waals surface area (Å²) in [6.45, 7) is 3.47. The van der Waals surface area contributed by atoms with Gasteiger partial charge in [0.2, 0.25) is 0 Å². The number of para-hydroxylation sites is 1. The van der Waals surface area contributed by atoms with Gasteiger partial charge in [-0.3, -0.25) is 5.84 Å². The first-order valence-corrected chi connectivity index (χ1v) is 6.19. The van der Waals surface area contributed by atoms with Crippen LogP contribution in [-0.4, -0.2) is 6.36 Å². The van der Waals surface area contributed by atoms with Crippen LogP contribution in [0.4, 0.5) is 13.2 Å². The molecule has 2 aromatic rings. The molecule has 0 amide bonds. The summed E-state index contributed by atoms with van der Waals surface area (Å²) in [7, 11) is 0. The molecule has 0 bridgehead atoms. The Balaban J connectivity index is 2.46. The topological polar surface area (TPSA) is 60.4 Å². The number of ether oxygens (including phenoxy) is 1. The molecule has 3 N–H and O–H groups in total. The van der Waals surface area contributed by atoms with Crippen molar-refractivity contribution in [2.75, 3.05) is 0 Å². The highest BCUT2D eigenvalue weighted by Crippen LogP contribution is 2.34. The minimum absolute atomic E-state index is 0.279. The predicted molar refractivity (Wildman–Crippen MR) is 70.5 cm³/mol. The van der Waals surface area contributed by atoms with Crippen molar-refractivity contribution in [3.63, 3.8) is 0 Å². The summed E-state index contributed by atoms with van der Waals surface area (Å²) in [5.41, 5.74) is 3.45. The second kappa shape index (κ2) is 5.79. The van der Waals surface area contributed by atoms with Crippen molar-refractivity contribution in [1.29, 1.82) is 0 Å². The fraction of sp³-hybridized carbons (Fsp3) is 0.286. The van der Waals surface area contributed by atoms with Gasteiger partial charge < -0.3 is 9.15 Å². The summed E-state index contributed by atoms with van der Waals surface area (Å²) < 4.78 is 46.9. The number of hydrazine groups is 1. The van der Waals surface area contributed by atoms with E-state index >= 15 is 0 Å². The van der Waals surface area contributed by atoms with Crippen LogP contribution in [-0.2, 0) is 0 Å².